The Labute approximate surface area is 72.7 Å². The first kappa shape index (κ1) is 11.4. The van der Waals surface area contributed by atoms with Crippen molar-refractivity contribution in [1.82, 2.24) is 0 Å². The minimum absolute atomic E-state index is 0.355. The standard InChI is InChI=1S/C8H17NO3/c1-5(6(9)7(10)11)12-8(2,3)4/h5-6H,9H2,1-4H3,(H,10,11)/t5-,6?/m0/s1. The summed E-state index contributed by atoms with van der Waals surface area (Å²) in [5.74, 6) is -1.04. The fourth-order valence-electron chi connectivity index (χ4n) is 0.832. The third kappa shape index (κ3) is 4.31. The molecular weight excluding hydrogens is 158 g/mol. The molecule has 0 spiro atoms. The lowest BCUT2D eigenvalue weighted by Gasteiger charge is -2.26. The molecule has 0 bridgehead atoms. The first-order valence-corrected chi connectivity index (χ1v) is 3.90. The summed E-state index contributed by atoms with van der Waals surface area (Å²) in [7, 11) is 0. The molecule has 0 aliphatic heterocycles. The molecule has 0 fully saturated rings. The van der Waals surface area contributed by atoms with Crippen molar-refractivity contribution >= 4 is 5.97 Å². The van der Waals surface area contributed by atoms with Crippen LogP contribution in [0.1, 0.15) is 27.7 Å². The molecule has 0 saturated heterocycles. The van der Waals surface area contributed by atoms with E-state index in [1.54, 1.807) is 6.92 Å². The minimum atomic E-state index is -1.04. The third-order valence-electron chi connectivity index (χ3n) is 1.33. The van der Waals surface area contributed by atoms with Crippen LogP contribution in [0.2, 0.25) is 0 Å². The normalized spacial score (nSPS) is 17.1. The molecule has 12 heavy (non-hydrogen) atoms. The van der Waals surface area contributed by atoms with Gasteiger partial charge in [-0.15, -0.1) is 0 Å². The number of carboxylic acid groups (broad SMARTS) is 1. The van der Waals surface area contributed by atoms with Crippen LogP contribution in [0.3, 0.4) is 0 Å². The van der Waals surface area contributed by atoms with Crippen LogP contribution >= 0.6 is 0 Å². The number of ether oxygens (including phenoxy) is 1. The Morgan fingerprint density at radius 2 is 1.92 bits per heavy atom. The molecule has 0 aromatic rings. The number of carboxylic acids is 1. The summed E-state index contributed by atoms with van der Waals surface area (Å²) in [6.45, 7) is 7.23. The van der Waals surface area contributed by atoms with E-state index in [-0.39, 0.29) is 5.60 Å². The maximum atomic E-state index is 10.4. The fourth-order valence-corrected chi connectivity index (χ4v) is 0.832. The maximum absolute atomic E-state index is 10.4. The summed E-state index contributed by atoms with van der Waals surface area (Å²) in [5.41, 5.74) is 4.99. The summed E-state index contributed by atoms with van der Waals surface area (Å²) >= 11 is 0. The molecular formula is C8H17NO3. The summed E-state index contributed by atoms with van der Waals surface area (Å²) in [4.78, 5) is 10.4. The molecule has 72 valence electrons. The van der Waals surface area contributed by atoms with E-state index in [2.05, 4.69) is 0 Å². The predicted molar refractivity (Wildman–Crippen MR) is 45.9 cm³/mol. The average Bonchev–Trinajstić information content (AvgIpc) is 1.82. The van der Waals surface area contributed by atoms with E-state index >= 15 is 0 Å². The average molecular weight is 175 g/mol. The van der Waals surface area contributed by atoms with Crippen LogP contribution < -0.4 is 5.73 Å². The third-order valence-corrected chi connectivity index (χ3v) is 1.33. The van der Waals surface area contributed by atoms with Crippen molar-refractivity contribution in [3.63, 3.8) is 0 Å². The van der Waals surface area contributed by atoms with Gasteiger partial charge in [-0.1, -0.05) is 0 Å². The van der Waals surface area contributed by atoms with E-state index < -0.39 is 18.1 Å². The molecule has 0 aromatic carbocycles. The Bertz CT molecular complexity index is 162. The first-order valence-electron chi connectivity index (χ1n) is 3.90. The van der Waals surface area contributed by atoms with Crippen molar-refractivity contribution in [1.29, 1.82) is 0 Å². The van der Waals surface area contributed by atoms with Gasteiger partial charge in [-0.2, -0.15) is 0 Å². The summed E-state index contributed by atoms with van der Waals surface area (Å²) in [6.07, 6.45) is -0.470. The Morgan fingerprint density at radius 3 is 2.17 bits per heavy atom. The van der Waals surface area contributed by atoms with Gasteiger partial charge in [0.05, 0.1) is 11.7 Å². The molecule has 0 aliphatic carbocycles. The topological polar surface area (TPSA) is 72.5 Å². The van der Waals surface area contributed by atoms with E-state index in [0.717, 1.165) is 0 Å². The highest BCUT2D eigenvalue weighted by molar-refractivity contribution is 5.73. The summed E-state index contributed by atoms with van der Waals surface area (Å²) in [5, 5.41) is 8.54. The quantitative estimate of drug-likeness (QED) is 0.659. The zero-order chi connectivity index (χ0) is 9.94. The first-order chi connectivity index (χ1) is 5.24. The van der Waals surface area contributed by atoms with Crippen molar-refractivity contribution in [3.8, 4) is 0 Å². The maximum Gasteiger partial charge on any atom is 0.323 e. The van der Waals surface area contributed by atoms with Crippen molar-refractivity contribution < 1.29 is 14.6 Å². The lowest BCUT2D eigenvalue weighted by atomic mass is 10.1. The van der Waals surface area contributed by atoms with Crippen molar-refractivity contribution in [2.24, 2.45) is 5.73 Å². The fraction of sp³-hybridized carbons (Fsp3) is 0.875. The number of hydrogen-bond donors (Lipinski definition) is 2. The molecule has 0 aliphatic rings. The van der Waals surface area contributed by atoms with Gasteiger partial charge in [0.25, 0.3) is 0 Å². The van der Waals surface area contributed by atoms with Gasteiger partial charge in [-0.05, 0) is 27.7 Å². The zero-order valence-electron chi connectivity index (χ0n) is 8.00. The van der Waals surface area contributed by atoms with Crippen LogP contribution in [-0.4, -0.2) is 28.8 Å². The van der Waals surface area contributed by atoms with Crippen LogP contribution in [0.4, 0.5) is 0 Å². The highest BCUT2D eigenvalue weighted by atomic mass is 16.5. The Morgan fingerprint density at radius 1 is 1.50 bits per heavy atom. The molecule has 1 unspecified atom stereocenters. The minimum Gasteiger partial charge on any atom is -0.480 e. The zero-order valence-corrected chi connectivity index (χ0v) is 8.00. The number of nitrogens with two attached hydrogens (primary N) is 1. The smallest absolute Gasteiger partial charge is 0.323 e. The van der Waals surface area contributed by atoms with Crippen LogP contribution in [0.5, 0.6) is 0 Å². The summed E-state index contributed by atoms with van der Waals surface area (Å²) in [6, 6.07) is -0.954. The van der Waals surface area contributed by atoms with Crippen molar-refractivity contribution in [3.05, 3.63) is 0 Å². The van der Waals surface area contributed by atoms with Crippen LogP contribution in [0, 0.1) is 0 Å². The van der Waals surface area contributed by atoms with Crippen molar-refractivity contribution in [2.45, 2.75) is 45.4 Å². The van der Waals surface area contributed by atoms with Gasteiger partial charge in [0.2, 0.25) is 0 Å². The van der Waals surface area contributed by atoms with Gasteiger partial charge >= 0.3 is 5.97 Å². The molecule has 0 radical (unpaired) electrons. The van der Waals surface area contributed by atoms with Gasteiger partial charge in [0, 0.05) is 0 Å². The van der Waals surface area contributed by atoms with Gasteiger partial charge in [0.1, 0.15) is 6.04 Å². The second kappa shape index (κ2) is 3.87. The predicted octanol–water partition coefficient (Wildman–Crippen LogP) is 0.602. The lowest BCUT2D eigenvalue weighted by Crippen LogP contribution is -2.44. The van der Waals surface area contributed by atoms with E-state index in [4.69, 9.17) is 15.6 Å². The number of rotatable bonds is 3. The molecule has 3 N–H and O–H groups in total. The van der Waals surface area contributed by atoms with E-state index in [1.807, 2.05) is 20.8 Å². The van der Waals surface area contributed by atoms with Crippen molar-refractivity contribution in [2.75, 3.05) is 0 Å². The SMILES string of the molecule is C[C@H](OC(C)(C)C)C(N)C(=O)O. The van der Waals surface area contributed by atoms with Crippen LogP contribution in [-0.2, 0) is 9.53 Å². The second-order valence-electron chi connectivity index (χ2n) is 3.80. The Balaban J connectivity index is 4.04. The van der Waals surface area contributed by atoms with Gasteiger partial charge in [-0.25, -0.2) is 0 Å². The van der Waals surface area contributed by atoms with Gasteiger partial charge in [0.15, 0.2) is 0 Å². The monoisotopic (exact) mass is 175 g/mol. The van der Waals surface area contributed by atoms with Gasteiger partial charge in [-0.3, -0.25) is 4.79 Å². The number of aliphatic carboxylic acids is 1. The molecule has 0 heterocycles. The number of carbonyl (C=O) groups is 1. The lowest BCUT2D eigenvalue weighted by molar-refractivity contribution is -0.145. The van der Waals surface area contributed by atoms with E-state index in [1.165, 1.54) is 0 Å². The highest BCUT2D eigenvalue weighted by Crippen LogP contribution is 2.11. The molecule has 0 rings (SSSR count). The highest BCUT2D eigenvalue weighted by Gasteiger charge is 2.24. The molecule has 0 amide bonds. The number of hydrogen-bond acceptors (Lipinski definition) is 3. The summed E-state index contributed by atoms with van der Waals surface area (Å²) < 4.78 is 5.35. The van der Waals surface area contributed by atoms with Gasteiger partial charge < -0.3 is 15.6 Å². The molecule has 4 nitrogen and oxygen atoms in total. The Hall–Kier alpha value is -0.610. The van der Waals surface area contributed by atoms with Crippen LogP contribution in [0.15, 0.2) is 0 Å². The largest absolute Gasteiger partial charge is 0.480 e. The molecule has 4 heteroatoms. The second-order valence-corrected chi connectivity index (χ2v) is 3.80. The Kier molecular flexibility index (Phi) is 3.67. The molecule has 2 atom stereocenters. The van der Waals surface area contributed by atoms with Crippen LogP contribution in [0.25, 0.3) is 0 Å². The molecule has 0 saturated carbocycles. The molecule has 0 aromatic heterocycles. The van der Waals surface area contributed by atoms with E-state index in [0.29, 0.717) is 0 Å². The van der Waals surface area contributed by atoms with E-state index in [9.17, 15) is 4.79 Å².